The highest BCUT2D eigenvalue weighted by Gasteiger charge is 2.16. The maximum absolute atomic E-state index is 12.6. The lowest BCUT2D eigenvalue weighted by Crippen LogP contribution is -2.28. The molecule has 2 amide bonds. The zero-order valence-corrected chi connectivity index (χ0v) is 17.5. The number of nitrogens with one attached hydrogen (secondary N) is 1. The van der Waals surface area contributed by atoms with E-state index in [9.17, 15) is 9.59 Å². The average Bonchev–Trinajstić information content (AvgIpc) is 2.77. The second-order valence-electron chi connectivity index (χ2n) is 7.32. The van der Waals surface area contributed by atoms with E-state index in [1.807, 2.05) is 86.7 Å². The van der Waals surface area contributed by atoms with E-state index < -0.39 is 0 Å². The lowest BCUT2D eigenvalue weighted by Gasteiger charge is -2.24. The molecule has 1 atom stereocenters. The van der Waals surface area contributed by atoms with Crippen LogP contribution in [0.2, 0.25) is 0 Å². The molecule has 0 aliphatic heterocycles. The molecule has 0 aliphatic carbocycles. The van der Waals surface area contributed by atoms with E-state index in [-0.39, 0.29) is 17.9 Å². The van der Waals surface area contributed by atoms with Gasteiger partial charge in [0, 0.05) is 24.4 Å². The molecule has 4 heteroatoms. The molecule has 0 bridgehead atoms. The second-order valence-corrected chi connectivity index (χ2v) is 7.32. The van der Waals surface area contributed by atoms with Crippen LogP contribution in [0.25, 0.3) is 6.08 Å². The molecule has 0 saturated carbocycles. The maximum Gasteiger partial charge on any atom is 0.255 e. The Morgan fingerprint density at radius 3 is 2.40 bits per heavy atom. The number of hydrogen-bond acceptors (Lipinski definition) is 2. The van der Waals surface area contributed by atoms with Crippen molar-refractivity contribution in [2.24, 2.45) is 0 Å². The first kappa shape index (κ1) is 21.1. The molecule has 0 spiro atoms. The molecule has 0 radical (unpaired) electrons. The summed E-state index contributed by atoms with van der Waals surface area (Å²) in [4.78, 5) is 26.7. The predicted molar refractivity (Wildman–Crippen MR) is 122 cm³/mol. The van der Waals surface area contributed by atoms with Gasteiger partial charge in [-0.1, -0.05) is 60.2 Å². The molecule has 0 aromatic heterocycles. The molecule has 3 aromatic rings. The molecule has 3 aromatic carbocycles. The molecule has 4 nitrogen and oxygen atoms in total. The Labute approximate surface area is 177 Å². The third-order valence-electron chi connectivity index (χ3n) is 5.05. The molecule has 1 unspecified atom stereocenters. The number of hydrogen-bond donors (Lipinski definition) is 1. The van der Waals surface area contributed by atoms with Crippen molar-refractivity contribution in [1.29, 1.82) is 0 Å². The van der Waals surface area contributed by atoms with E-state index in [1.54, 1.807) is 30.2 Å². The summed E-state index contributed by atoms with van der Waals surface area (Å²) in [5.74, 6) is -0.242. The van der Waals surface area contributed by atoms with Crippen molar-refractivity contribution in [3.8, 4) is 0 Å². The van der Waals surface area contributed by atoms with Gasteiger partial charge in [-0.05, 0) is 55.3 Å². The quantitative estimate of drug-likeness (QED) is 0.559. The van der Waals surface area contributed by atoms with Crippen molar-refractivity contribution in [3.05, 3.63) is 107 Å². The highest BCUT2D eigenvalue weighted by molar-refractivity contribution is 6.04. The highest BCUT2D eigenvalue weighted by Crippen LogP contribution is 2.23. The van der Waals surface area contributed by atoms with Crippen molar-refractivity contribution < 1.29 is 9.59 Å². The van der Waals surface area contributed by atoms with Crippen LogP contribution in [0, 0.1) is 6.92 Å². The van der Waals surface area contributed by atoms with Gasteiger partial charge in [0.1, 0.15) is 0 Å². The summed E-state index contributed by atoms with van der Waals surface area (Å²) >= 11 is 0. The fourth-order valence-corrected chi connectivity index (χ4v) is 3.14. The minimum absolute atomic E-state index is 0.0808. The van der Waals surface area contributed by atoms with Gasteiger partial charge in [0.25, 0.3) is 5.91 Å². The van der Waals surface area contributed by atoms with Gasteiger partial charge in [0.05, 0.1) is 6.04 Å². The topological polar surface area (TPSA) is 49.4 Å². The van der Waals surface area contributed by atoms with E-state index in [0.29, 0.717) is 11.3 Å². The second kappa shape index (κ2) is 9.70. The molecule has 0 saturated heterocycles. The van der Waals surface area contributed by atoms with Crippen LogP contribution in [0.4, 0.5) is 5.69 Å². The fourth-order valence-electron chi connectivity index (χ4n) is 3.14. The number of anilines is 1. The first-order valence-corrected chi connectivity index (χ1v) is 9.92. The summed E-state index contributed by atoms with van der Waals surface area (Å²) in [6.07, 6.45) is 3.42. The number of likely N-dealkylation sites (N-methyl/N-ethyl adjacent to an activating group) is 1. The summed E-state index contributed by atoms with van der Waals surface area (Å²) in [7, 11) is 1.78. The Bertz CT molecular complexity index is 1060. The number of carbonyl (C=O) groups excluding carboxylic acids is 2. The Kier molecular flexibility index (Phi) is 6.81. The summed E-state index contributed by atoms with van der Waals surface area (Å²) < 4.78 is 0. The van der Waals surface area contributed by atoms with Crippen molar-refractivity contribution in [2.75, 3.05) is 12.4 Å². The third kappa shape index (κ3) is 5.45. The molecule has 0 fully saturated rings. The number of amides is 2. The van der Waals surface area contributed by atoms with E-state index in [0.717, 1.165) is 16.7 Å². The molecule has 1 N–H and O–H groups in total. The van der Waals surface area contributed by atoms with Gasteiger partial charge in [-0.2, -0.15) is 0 Å². The lowest BCUT2D eigenvalue weighted by atomic mass is 10.1. The average molecular weight is 399 g/mol. The Hall–Kier alpha value is -3.66. The van der Waals surface area contributed by atoms with Gasteiger partial charge in [0.15, 0.2) is 0 Å². The van der Waals surface area contributed by atoms with Gasteiger partial charge in [-0.15, -0.1) is 0 Å². The van der Waals surface area contributed by atoms with Crippen molar-refractivity contribution in [2.45, 2.75) is 19.9 Å². The van der Waals surface area contributed by atoms with Crippen LogP contribution < -0.4 is 5.32 Å². The smallest absolute Gasteiger partial charge is 0.255 e. The summed E-state index contributed by atoms with van der Waals surface area (Å²) in [5, 5.41) is 2.92. The van der Waals surface area contributed by atoms with Crippen LogP contribution in [0.5, 0.6) is 0 Å². The van der Waals surface area contributed by atoms with Gasteiger partial charge in [-0.25, -0.2) is 0 Å². The number of aryl methyl sites for hydroxylation is 1. The summed E-state index contributed by atoms with van der Waals surface area (Å²) in [6, 6.07) is 24.5. The normalized spacial score (nSPS) is 11.8. The Balaban J connectivity index is 1.68. The predicted octanol–water partition coefficient (Wildman–Crippen LogP) is 5.48. The van der Waals surface area contributed by atoms with Crippen LogP contribution in [-0.4, -0.2) is 23.8 Å². The van der Waals surface area contributed by atoms with Gasteiger partial charge in [0.2, 0.25) is 5.91 Å². The zero-order valence-electron chi connectivity index (χ0n) is 17.5. The molecule has 3 rings (SSSR count). The van der Waals surface area contributed by atoms with Crippen LogP contribution in [0.15, 0.2) is 84.9 Å². The van der Waals surface area contributed by atoms with Crippen LogP contribution >= 0.6 is 0 Å². The van der Waals surface area contributed by atoms with E-state index in [1.165, 1.54) is 0 Å². The van der Waals surface area contributed by atoms with Gasteiger partial charge < -0.3 is 10.2 Å². The SMILES string of the molecule is Cc1cccc(/C=C/C(=O)N(C)C(C)c2cccc(NC(=O)c3ccccc3)c2)c1. The minimum atomic E-state index is -0.161. The molecule has 30 heavy (non-hydrogen) atoms. The molecule has 0 heterocycles. The first-order chi connectivity index (χ1) is 14.4. The molecular weight excluding hydrogens is 372 g/mol. The van der Waals surface area contributed by atoms with E-state index in [2.05, 4.69) is 5.32 Å². The van der Waals surface area contributed by atoms with Gasteiger partial charge in [-0.3, -0.25) is 9.59 Å². The monoisotopic (exact) mass is 398 g/mol. The van der Waals surface area contributed by atoms with E-state index >= 15 is 0 Å². The van der Waals surface area contributed by atoms with Crippen LogP contribution in [0.1, 0.15) is 40.0 Å². The van der Waals surface area contributed by atoms with E-state index in [4.69, 9.17) is 0 Å². The van der Waals surface area contributed by atoms with Crippen molar-refractivity contribution >= 4 is 23.6 Å². The van der Waals surface area contributed by atoms with Crippen LogP contribution in [-0.2, 0) is 4.79 Å². The summed E-state index contributed by atoms with van der Waals surface area (Å²) in [5.41, 5.74) is 4.39. The fraction of sp³-hybridized carbons (Fsp3) is 0.154. The highest BCUT2D eigenvalue weighted by atomic mass is 16.2. The number of benzene rings is 3. The van der Waals surface area contributed by atoms with Crippen molar-refractivity contribution in [1.82, 2.24) is 4.90 Å². The number of rotatable bonds is 6. The third-order valence-corrected chi connectivity index (χ3v) is 5.05. The lowest BCUT2D eigenvalue weighted by molar-refractivity contribution is -0.126. The minimum Gasteiger partial charge on any atom is -0.335 e. The Morgan fingerprint density at radius 1 is 0.933 bits per heavy atom. The maximum atomic E-state index is 12.6. The van der Waals surface area contributed by atoms with Crippen LogP contribution in [0.3, 0.4) is 0 Å². The number of carbonyl (C=O) groups is 2. The molecule has 0 aliphatic rings. The van der Waals surface area contributed by atoms with Crippen molar-refractivity contribution in [3.63, 3.8) is 0 Å². The molecular formula is C26H26N2O2. The summed E-state index contributed by atoms with van der Waals surface area (Å²) in [6.45, 7) is 3.99. The molecule has 152 valence electrons. The van der Waals surface area contributed by atoms with Gasteiger partial charge >= 0.3 is 0 Å². The first-order valence-electron chi connectivity index (χ1n) is 9.92. The standard InChI is InChI=1S/C26H26N2O2/c1-19-9-7-10-21(17-19)15-16-25(29)28(3)20(2)23-13-8-14-24(18-23)27-26(30)22-11-5-4-6-12-22/h4-18,20H,1-3H3,(H,27,30)/b16-15+. The largest absolute Gasteiger partial charge is 0.335 e. The number of nitrogens with zero attached hydrogens (tertiary/aromatic N) is 1. The Morgan fingerprint density at radius 2 is 1.67 bits per heavy atom. The zero-order chi connectivity index (χ0) is 21.5.